The smallest absolute Gasteiger partial charge is 0.218 e. The molecule has 1 saturated heterocycles. The van der Waals surface area contributed by atoms with Gasteiger partial charge in [-0.2, -0.15) is 0 Å². The van der Waals surface area contributed by atoms with E-state index in [9.17, 15) is 8.42 Å². The maximum Gasteiger partial charge on any atom is 0.218 e. The van der Waals surface area contributed by atoms with E-state index in [-0.39, 0.29) is 6.10 Å². The highest BCUT2D eigenvalue weighted by Gasteiger charge is 2.32. The lowest BCUT2D eigenvalue weighted by Crippen LogP contribution is -2.46. The maximum atomic E-state index is 12.3. The van der Waals surface area contributed by atoms with E-state index in [4.69, 9.17) is 4.74 Å². The number of ether oxygens (including phenoxy) is 1. The molecule has 0 radical (unpaired) electrons. The van der Waals surface area contributed by atoms with Gasteiger partial charge in [-0.3, -0.25) is 0 Å². The Labute approximate surface area is 132 Å². The van der Waals surface area contributed by atoms with Crippen molar-refractivity contribution in [3.05, 3.63) is 12.4 Å². The third kappa shape index (κ3) is 3.86. The van der Waals surface area contributed by atoms with Gasteiger partial charge in [-0.25, -0.2) is 22.7 Å². The van der Waals surface area contributed by atoms with E-state index in [1.165, 1.54) is 10.6 Å². The summed E-state index contributed by atoms with van der Waals surface area (Å²) < 4.78 is 31.5. The fourth-order valence-electron chi connectivity index (χ4n) is 2.50. The minimum Gasteiger partial charge on any atom is -0.475 e. The first-order chi connectivity index (χ1) is 10.3. The highest BCUT2D eigenvalue weighted by atomic mass is 32.2. The molecule has 0 unspecified atom stereocenters. The van der Waals surface area contributed by atoms with Crippen LogP contribution in [-0.2, 0) is 10.0 Å². The summed E-state index contributed by atoms with van der Waals surface area (Å²) in [6.07, 6.45) is 2.99. The molecule has 22 heavy (non-hydrogen) atoms. The second kappa shape index (κ2) is 6.78. The van der Waals surface area contributed by atoms with Gasteiger partial charge < -0.3 is 9.64 Å². The van der Waals surface area contributed by atoms with Crippen LogP contribution in [0, 0.1) is 0 Å². The molecule has 2 heterocycles. The van der Waals surface area contributed by atoms with Gasteiger partial charge in [0.05, 0.1) is 11.4 Å². The predicted octanol–water partition coefficient (Wildman–Crippen LogP) is 1.12. The van der Waals surface area contributed by atoms with E-state index in [1.54, 1.807) is 20.2 Å². The standard InChI is InChI=1S/C14H24N4O3S/c1-11(2)21-14-8-13(15-10-16-14)18-7-5-6-12(9-18)22(19,20)17(3)4/h8,10-12H,5-7,9H2,1-4H3/t12-/m0/s1. The van der Waals surface area contributed by atoms with Crippen molar-refractivity contribution in [2.75, 3.05) is 32.1 Å². The molecule has 1 aliphatic rings. The largest absolute Gasteiger partial charge is 0.475 e. The lowest BCUT2D eigenvalue weighted by molar-refractivity contribution is 0.232. The van der Waals surface area contributed by atoms with Crippen molar-refractivity contribution in [3.8, 4) is 5.88 Å². The number of hydrogen-bond donors (Lipinski definition) is 0. The van der Waals surface area contributed by atoms with Gasteiger partial charge in [0.25, 0.3) is 0 Å². The lowest BCUT2D eigenvalue weighted by Gasteiger charge is -2.34. The minimum atomic E-state index is -3.25. The van der Waals surface area contributed by atoms with E-state index in [1.807, 2.05) is 18.7 Å². The van der Waals surface area contributed by atoms with Gasteiger partial charge in [0.2, 0.25) is 15.9 Å². The summed E-state index contributed by atoms with van der Waals surface area (Å²) in [6, 6.07) is 1.77. The van der Waals surface area contributed by atoms with Crippen molar-refractivity contribution in [3.63, 3.8) is 0 Å². The molecule has 1 atom stereocenters. The molecule has 8 heteroatoms. The maximum absolute atomic E-state index is 12.3. The van der Waals surface area contributed by atoms with Gasteiger partial charge in [0, 0.05) is 33.3 Å². The van der Waals surface area contributed by atoms with Gasteiger partial charge in [-0.1, -0.05) is 0 Å². The molecular weight excluding hydrogens is 304 g/mol. The third-order valence-corrected chi connectivity index (χ3v) is 5.86. The monoisotopic (exact) mass is 328 g/mol. The zero-order valence-electron chi connectivity index (χ0n) is 13.6. The molecule has 1 aromatic heterocycles. The van der Waals surface area contributed by atoms with Crippen LogP contribution in [0.4, 0.5) is 5.82 Å². The number of aromatic nitrogens is 2. The number of anilines is 1. The van der Waals surface area contributed by atoms with Gasteiger partial charge in [0.1, 0.15) is 12.1 Å². The zero-order chi connectivity index (χ0) is 16.3. The van der Waals surface area contributed by atoms with E-state index in [0.29, 0.717) is 24.7 Å². The van der Waals surface area contributed by atoms with Crippen LogP contribution >= 0.6 is 0 Å². The third-order valence-electron chi connectivity index (χ3n) is 3.62. The summed E-state index contributed by atoms with van der Waals surface area (Å²) in [6.45, 7) is 5.10. The Balaban J connectivity index is 2.16. The fraction of sp³-hybridized carbons (Fsp3) is 0.714. The van der Waals surface area contributed by atoms with Crippen molar-refractivity contribution in [1.82, 2.24) is 14.3 Å². The van der Waals surface area contributed by atoms with Gasteiger partial charge in [-0.05, 0) is 26.7 Å². The van der Waals surface area contributed by atoms with E-state index < -0.39 is 15.3 Å². The molecule has 1 aliphatic heterocycles. The summed E-state index contributed by atoms with van der Waals surface area (Å²) >= 11 is 0. The molecule has 1 fully saturated rings. The Morgan fingerprint density at radius 1 is 1.36 bits per heavy atom. The molecule has 124 valence electrons. The highest BCUT2D eigenvalue weighted by molar-refractivity contribution is 7.89. The first-order valence-corrected chi connectivity index (χ1v) is 8.96. The first-order valence-electron chi connectivity index (χ1n) is 7.45. The van der Waals surface area contributed by atoms with Crippen LogP contribution in [0.3, 0.4) is 0 Å². The van der Waals surface area contributed by atoms with Crippen LogP contribution in [0.2, 0.25) is 0 Å². The van der Waals surface area contributed by atoms with Gasteiger partial charge in [0.15, 0.2) is 0 Å². The Kier molecular flexibility index (Phi) is 5.23. The average molecular weight is 328 g/mol. The summed E-state index contributed by atoms with van der Waals surface area (Å²) in [5.41, 5.74) is 0. The predicted molar refractivity (Wildman–Crippen MR) is 85.6 cm³/mol. The van der Waals surface area contributed by atoms with E-state index in [0.717, 1.165) is 13.0 Å². The molecule has 0 aromatic carbocycles. The zero-order valence-corrected chi connectivity index (χ0v) is 14.4. The van der Waals surface area contributed by atoms with Crippen molar-refractivity contribution >= 4 is 15.8 Å². The summed E-state index contributed by atoms with van der Waals surface area (Å²) in [7, 11) is -0.0991. The number of rotatable bonds is 5. The number of nitrogens with zero attached hydrogens (tertiary/aromatic N) is 4. The van der Waals surface area contributed by atoms with E-state index in [2.05, 4.69) is 9.97 Å². The molecular formula is C14H24N4O3S. The average Bonchev–Trinajstić information content (AvgIpc) is 2.47. The van der Waals surface area contributed by atoms with Crippen LogP contribution in [0.15, 0.2) is 12.4 Å². The molecule has 0 aliphatic carbocycles. The molecule has 2 rings (SSSR count). The molecule has 0 saturated carbocycles. The number of hydrogen-bond acceptors (Lipinski definition) is 6. The Morgan fingerprint density at radius 2 is 2.09 bits per heavy atom. The van der Waals surface area contributed by atoms with Crippen molar-refractivity contribution in [2.24, 2.45) is 0 Å². The van der Waals surface area contributed by atoms with Crippen LogP contribution in [-0.4, -0.2) is 61.2 Å². The topological polar surface area (TPSA) is 75.6 Å². The van der Waals surface area contributed by atoms with Crippen molar-refractivity contribution < 1.29 is 13.2 Å². The van der Waals surface area contributed by atoms with Crippen LogP contribution < -0.4 is 9.64 Å². The number of piperidine rings is 1. The van der Waals surface area contributed by atoms with Crippen molar-refractivity contribution in [1.29, 1.82) is 0 Å². The van der Waals surface area contributed by atoms with Crippen LogP contribution in [0.25, 0.3) is 0 Å². The number of sulfonamides is 1. The second-order valence-electron chi connectivity index (χ2n) is 5.92. The molecule has 0 amide bonds. The normalized spacial score (nSPS) is 19.7. The Bertz CT molecular complexity index is 604. The minimum absolute atomic E-state index is 0.0333. The highest BCUT2D eigenvalue weighted by Crippen LogP contribution is 2.24. The first kappa shape index (κ1) is 17.0. The molecule has 0 bridgehead atoms. The SMILES string of the molecule is CC(C)Oc1cc(N2CCC[C@H](S(=O)(=O)N(C)C)C2)ncn1. The lowest BCUT2D eigenvalue weighted by atomic mass is 10.1. The van der Waals surface area contributed by atoms with Crippen molar-refractivity contribution in [2.45, 2.75) is 38.0 Å². The summed E-state index contributed by atoms with van der Waals surface area (Å²) in [4.78, 5) is 10.3. The van der Waals surface area contributed by atoms with Crippen LogP contribution in [0.5, 0.6) is 5.88 Å². The Hall–Kier alpha value is -1.41. The van der Waals surface area contributed by atoms with Gasteiger partial charge in [-0.15, -0.1) is 0 Å². The summed E-state index contributed by atoms with van der Waals surface area (Å²) in [5.74, 6) is 1.22. The molecule has 1 aromatic rings. The Morgan fingerprint density at radius 3 is 2.73 bits per heavy atom. The van der Waals surface area contributed by atoms with Crippen LogP contribution in [0.1, 0.15) is 26.7 Å². The second-order valence-corrected chi connectivity index (χ2v) is 8.35. The molecule has 0 spiro atoms. The van der Waals surface area contributed by atoms with E-state index >= 15 is 0 Å². The van der Waals surface area contributed by atoms with Gasteiger partial charge >= 0.3 is 0 Å². The molecule has 7 nitrogen and oxygen atoms in total. The summed E-state index contributed by atoms with van der Waals surface area (Å²) in [5, 5.41) is -0.402. The molecule has 0 N–H and O–H groups in total. The fourth-order valence-corrected chi connectivity index (χ4v) is 3.93. The quantitative estimate of drug-likeness (QED) is 0.806.